The molecule has 4 aromatic carbocycles. The Labute approximate surface area is 203 Å². The highest BCUT2D eigenvalue weighted by Crippen LogP contribution is 2.45. The van der Waals surface area contributed by atoms with E-state index in [1.54, 1.807) is 0 Å². The number of nitrogens with one attached hydrogen (secondary N) is 1. The molecule has 0 bridgehead atoms. The van der Waals surface area contributed by atoms with Gasteiger partial charge in [-0.3, -0.25) is 9.79 Å². The monoisotopic (exact) mass is 464 g/mol. The Balaban J connectivity index is 1.31. The second-order valence-corrected chi connectivity index (χ2v) is 9.22. The number of aliphatic imine (C=N–C) groups is 1. The minimum atomic E-state index is -0.192. The van der Waals surface area contributed by atoms with Gasteiger partial charge in [-0.05, 0) is 59.7 Å². The highest BCUT2D eigenvalue weighted by atomic mass is 32.2. The number of ether oxygens (including phenoxy) is 1. The average Bonchev–Trinajstić information content (AvgIpc) is 3.09. The summed E-state index contributed by atoms with van der Waals surface area (Å²) < 4.78 is 5.70. The Morgan fingerprint density at radius 2 is 1.53 bits per heavy atom. The quantitative estimate of drug-likeness (QED) is 0.332. The predicted octanol–water partition coefficient (Wildman–Crippen LogP) is 7.06. The minimum absolute atomic E-state index is 0.0463. The standard InChI is InChI=1S/C29H24N2O2S/c32-29(30-23-11-5-2-6-12-23)20-33-24-17-15-21(16-18-24)26-19-28(22-9-3-1-4-10-22)34-27-14-8-7-13-25(27)31-26/h1-18,28H,19-20H2,(H,30,32)/t28-/m1/s1. The van der Waals surface area contributed by atoms with Crippen molar-refractivity contribution in [2.45, 2.75) is 16.6 Å². The topological polar surface area (TPSA) is 50.7 Å². The molecule has 0 radical (unpaired) electrons. The zero-order valence-electron chi connectivity index (χ0n) is 18.6. The number of benzene rings is 4. The van der Waals surface area contributed by atoms with E-state index >= 15 is 0 Å². The number of rotatable bonds is 6. The summed E-state index contributed by atoms with van der Waals surface area (Å²) in [5.74, 6) is 0.457. The van der Waals surface area contributed by atoms with Crippen molar-refractivity contribution in [3.63, 3.8) is 0 Å². The molecular formula is C29H24N2O2S. The Morgan fingerprint density at radius 1 is 0.853 bits per heavy atom. The van der Waals surface area contributed by atoms with Gasteiger partial charge in [0, 0.05) is 28.0 Å². The van der Waals surface area contributed by atoms with Crippen molar-refractivity contribution in [2.24, 2.45) is 4.99 Å². The van der Waals surface area contributed by atoms with Crippen LogP contribution < -0.4 is 10.1 Å². The lowest BCUT2D eigenvalue weighted by Gasteiger charge is -2.16. The number of para-hydroxylation sites is 2. The van der Waals surface area contributed by atoms with E-state index in [4.69, 9.17) is 9.73 Å². The first-order chi connectivity index (χ1) is 16.7. The Bertz CT molecular complexity index is 1290. The summed E-state index contributed by atoms with van der Waals surface area (Å²) in [5, 5.41) is 3.11. The van der Waals surface area contributed by atoms with Gasteiger partial charge in [0.1, 0.15) is 5.75 Å². The highest BCUT2D eigenvalue weighted by Gasteiger charge is 2.22. The van der Waals surface area contributed by atoms with Crippen LogP contribution in [0.25, 0.3) is 0 Å². The largest absolute Gasteiger partial charge is 0.484 e. The zero-order chi connectivity index (χ0) is 23.2. The Hall–Kier alpha value is -3.83. The first-order valence-corrected chi connectivity index (χ1v) is 12.1. The van der Waals surface area contributed by atoms with E-state index in [9.17, 15) is 4.79 Å². The summed E-state index contributed by atoms with van der Waals surface area (Å²) in [5.41, 5.74) is 5.14. The molecule has 1 N–H and O–H groups in total. The van der Waals surface area contributed by atoms with Crippen LogP contribution in [0.2, 0.25) is 0 Å². The number of hydrogen-bond acceptors (Lipinski definition) is 4. The summed E-state index contributed by atoms with van der Waals surface area (Å²) >= 11 is 1.86. The molecule has 0 fully saturated rings. The molecule has 0 saturated carbocycles. The van der Waals surface area contributed by atoms with E-state index in [2.05, 4.69) is 47.8 Å². The molecule has 34 heavy (non-hydrogen) atoms. The molecule has 5 heteroatoms. The molecule has 1 atom stereocenters. The molecule has 5 rings (SSSR count). The van der Waals surface area contributed by atoms with Gasteiger partial charge in [0.05, 0.1) is 5.69 Å². The Morgan fingerprint density at radius 3 is 2.29 bits per heavy atom. The molecule has 168 valence electrons. The van der Waals surface area contributed by atoms with Crippen LogP contribution in [-0.4, -0.2) is 18.2 Å². The molecule has 1 heterocycles. The van der Waals surface area contributed by atoms with Gasteiger partial charge in [-0.15, -0.1) is 11.8 Å². The van der Waals surface area contributed by atoms with Crippen LogP contribution in [0.3, 0.4) is 0 Å². The fourth-order valence-electron chi connectivity index (χ4n) is 3.86. The summed E-state index contributed by atoms with van der Waals surface area (Å²) in [6, 6.07) is 36.1. The molecule has 4 nitrogen and oxygen atoms in total. The van der Waals surface area contributed by atoms with E-state index in [0.29, 0.717) is 5.75 Å². The first kappa shape index (κ1) is 22.0. The maximum absolute atomic E-state index is 12.2. The SMILES string of the molecule is O=C(COc1ccc(C2=Nc3ccccc3S[C@@H](c3ccccc3)C2)cc1)Nc1ccccc1. The minimum Gasteiger partial charge on any atom is -0.484 e. The van der Waals surface area contributed by atoms with Gasteiger partial charge < -0.3 is 10.1 Å². The van der Waals surface area contributed by atoms with Gasteiger partial charge >= 0.3 is 0 Å². The van der Waals surface area contributed by atoms with Crippen LogP contribution in [0.4, 0.5) is 11.4 Å². The summed E-state index contributed by atoms with van der Waals surface area (Å²) in [7, 11) is 0. The number of hydrogen-bond donors (Lipinski definition) is 1. The number of fused-ring (bicyclic) bond motifs is 1. The van der Waals surface area contributed by atoms with Crippen molar-refractivity contribution in [3.05, 3.63) is 120 Å². The zero-order valence-corrected chi connectivity index (χ0v) is 19.4. The van der Waals surface area contributed by atoms with Gasteiger partial charge in [-0.2, -0.15) is 0 Å². The highest BCUT2D eigenvalue weighted by molar-refractivity contribution is 7.99. The molecule has 1 aliphatic heterocycles. The number of carbonyl (C=O) groups is 1. The second-order valence-electron chi connectivity index (χ2n) is 7.97. The molecular weight excluding hydrogens is 440 g/mol. The number of carbonyl (C=O) groups excluding carboxylic acids is 1. The molecule has 1 amide bonds. The number of thioether (sulfide) groups is 1. The number of amides is 1. The van der Waals surface area contributed by atoms with Gasteiger partial charge in [0.2, 0.25) is 0 Å². The van der Waals surface area contributed by atoms with E-state index in [0.717, 1.165) is 29.1 Å². The lowest BCUT2D eigenvalue weighted by Crippen LogP contribution is -2.20. The smallest absolute Gasteiger partial charge is 0.262 e. The third kappa shape index (κ3) is 5.38. The summed E-state index contributed by atoms with van der Waals surface area (Å²) in [6.07, 6.45) is 0.822. The molecule has 0 aromatic heterocycles. The fourth-order valence-corrected chi connectivity index (χ4v) is 5.09. The normalized spacial score (nSPS) is 14.9. The maximum Gasteiger partial charge on any atom is 0.262 e. The third-order valence-electron chi connectivity index (χ3n) is 5.56. The van der Waals surface area contributed by atoms with Crippen molar-refractivity contribution in [1.29, 1.82) is 0 Å². The molecule has 0 spiro atoms. The van der Waals surface area contributed by atoms with Crippen molar-refractivity contribution in [1.82, 2.24) is 0 Å². The average molecular weight is 465 g/mol. The van der Waals surface area contributed by atoms with Crippen LogP contribution in [0.15, 0.2) is 119 Å². The van der Waals surface area contributed by atoms with Gasteiger partial charge in [-0.25, -0.2) is 0 Å². The maximum atomic E-state index is 12.2. The molecule has 1 aliphatic rings. The van der Waals surface area contributed by atoms with Crippen LogP contribution in [0.1, 0.15) is 22.8 Å². The van der Waals surface area contributed by atoms with E-state index in [-0.39, 0.29) is 17.8 Å². The molecule has 0 saturated heterocycles. The summed E-state index contributed by atoms with van der Waals surface area (Å²) in [4.78, 5) is 18.4. The van der Waals surface area contributed by atoms with Crippen molar-refractivity contribution in [3.8, 4) is 5.75 Å². The molecule has 0 unspecified atom stereocenters. The fraction of sp³-hybridized carbons (Fsp3) is 0.103. The predicted molar refractivity (Wildman–Crippen MR) is 139 cm³/mol. The second kappa shape index (κ2) is 10.4. The van der Waals surface area contributed by atoms with Crippen molar-refractivity contribution in [2.75, 3.05) is 11.9 Å². The van der Waals surface area contributed by atoms with Crippen LogP contribution in [-0.2, 0) is 4.79 Å². The Kier molecular flexibility index (Phi) is 6.73. The van der Waals surface area contributed by atoms with Crippen LogP contribution in [0.5, 0.6) is 5.75 Å². The van der Waals surface area contributed by atoms with Crippen molar-refractivity contribution >= 4 is 34.8 Å². The molecule has 0 aliphatic carbocycles. The number of anilines is 1. The first-order valence-electron chi connectivity index (χ1n) is 11.2. The van der Waals surface area contributed by atoms with E-state index in [1.807, 2.05) is 78.5 Å². The van der Waals surface area contributed by atoms with Gasteiger partial charge in [0.15, 0.2) is 6.61 Å². The van der Waals surface area contributed by atoms with Crippen LogP contribution >= 0.6 is 11.8 Å². The van der Waals surface area contributed by atoms with Crippen LogP contribution in [0, 0.1) is 0 Å². The number of nitrogens with zero attached hydrogens (tertiary/aromatic N) is 1. The lowest BCUT2D eigenvalue weighted by atomic mass is 10.0. The van der Waals surface area contributed by atoms with Gasteiger partial charge in [-0.1, -0.05) is 60.7 Å². The lowest BCUT2D eigenvalue weighted by molar-refractivity contribution is -0.118. The van der Waals surface area contributed by atoms with Crippen molar-refractivity contribution < 1.29 is 9.53 Å². The molecule has 4 aromatic rings. The third-order valence-corrected chi connectivity index (χ3v) is 6.88. The van der Waals surface area contributed by atoms with E-state index in [1.165, 1.54) is 10.5 Å². The summed E-state index contributed by atoms with van der Waals surface area (Å²) in [6.45, 7) is -0.0463. The van der Waals surface area contributed by atoms with Gasteiger partial charge in [0.25, 0.3) is 5.91 Å². The van der Waals surface area contributed by atoms with E-state index < -0.39 is 0 Å².